The number of nitrogens with zero attached hydrogens (tertiary/aromatic N) is 2. The molecule has 0 saturated carbocycles. The second-order valence-corrected chi connectivity index (χ2v) is 6.40. The number of carbonyl (C=O) groups excluding carboxylic acids is 1. The summed E-state index contributed by atoms with van der Waals surface area (Å²) < 4.78 is 11.3. The van der Waals surface area contributed by atoms with Crippen LogP contribution in [0.25, 0.3) is 6.08 Å². The summed E-state index contributed by atoms with van der Waals surface area (Å²) in [5, 5.41) is 0. The van der Waals surface area contributed by atoms with Gasteiger partial charge in [0, 0.05) is 12.1 Å². The van der Waals surface area contributed by atoms with E-state index >= 15 is 0 Å². The molecule has 0 N–H and O–H groups in total. The molecular formula is C23H26N2O3. The van der Waals surface area contributed by atoms with E-state index < -0.39 is 0 Å². The number of amides is 1. The highest BCUT2D eigenvalue weighted by Crippen LogP contribution is 2.30. The Morgan fingerprint density at radius 3 is 2.39 bits per heavy atom. The normalized spacial score (nSPS) is 15.1. The molecule has 0 atom stereocenters. The Morgan fingerprint density at radius 1 is 1.00 bits per heavy atom. The second-order valence-electron chi connectivity index (χ2n) is 6.40. The first-order chi connectivity index (χ1) is 13.6. The van der Waals surface area contributed by atoms with E-state index in [1.807, 2.05) is 70.2 Å². The van der Waals surface area contributed by atoms with E-state index in [1.54, 1.807) is 11.0 Å². The SMILES string of the molecule is CCOc1ccc(/C=C2/N=C(c3ccccc3C)N(CC)C2=O)cc1OCC. The van der Waals surface area contributed by atoms with Crippen LogP contribution in [-0.4, -0.2) is 36.4 Å². The predicted molar refractivity (Wildman–Crippen MR) is 112 cm³/mol. The molecule has 1 amide bonds. The minimum Gasteiger partial charge on any atom is -0.490 e. The van der Waals surface area contributed by atoms with Crippen molar-refractivity contribution in [1.82, 2.24) is 4.90 Å². The van der Waals surface area contributed by atoms with Gasteiger partial charge in [-0.2, -0.15) is 0 Å². The molecular weight excluding hydrogens is 352 g/mol. The zero-order valence-corrected chi connectivity index (χ0v) is 16.9. The van der Waals surface area contributed by atoms with Crippen molar-refractivity contribution in [1.29, 1.82) is 0 Å². The number of aliphatic imine (C=N–C) groups is 1. The monoisotopic (exact) mass is 378 g/mol. The van der Waals surface area contributed by atoms with Crippen molar-refractivity contribution in [3.63, 3.8) is 0 Å². The van der Waals surface area contributed by atoms with Crippen molar-refractivity contribution < 1.29 is 14.3 Å². The van der Waals surface area contributed by atoms with Gasteiger partial charge in [-0.15, -0.1) is 0 Å². The number of aryl methyl sites for hydroxylation is 1. The second kappa shape index (κ2) is 8.74. The lowest BCUT2D eigenvalue weighted by Crippen LogP contribution is -2.32. The first kappa shape index (κ1) is 19.7. The molecule has 28 heavy (non-hydrogen) atoms. The molecule has 0 aromatic heterocycles. The van der Waals surface area contributed by atoms with Gasteiger partial charge in [-0.3, -0.25) is 9.69 Å². The quantitative estimate of drug-likeness (QED) is 0.669. The van der Waals surface area contributed by atoms with Gasteiger partial charge in [0.05, 0.1) is 13.2 Å². The molecule has 2 aromatic rings. The summed E-state index contributed by atoms with van der Waals surface area (Å²) in [5.74, 6) is 1.98. The van der Waals surface area contributed by atoms with Crippen LogP contribution < -0.4 is 9.47 Å². The molecule has 3 rings (SSSR count). The summed E-state index contributed by atoms with van der Waals surface area (Å²) in [4.78, 5) is 19.3. The lowest BCUT2D eigenvalue weighted by Gasteiger charge is -2.17. The van der Waals surface area contributed by atoms with Crippen molar-refractivity contribution in [2.24, 2.45) is 4.99 Å². The summed E-state index contributed by atoms with van der Waals surface area (Å²) in [5.41, 5.74) is 3.34. The first-order valence-electron chi connectivity index (χ1n) is 9.66. The standard InChI is InChI=1S/C23H26N2O3/c1-5-25-22(18-11-9-8-10-16(18)4)24-19(23(25)26)14-17-12-13-20(27-6-2)21(15-17)28-7-3/h8-15H,5-7H2,1-4H3/b19-14+. The van der Waals surface area contributed by atoms with E-state index in [0.29, 0.717) is 42.8 Å². The number of hydrogen-bond acceptors (Lipinski definition) is 4. The molecule has 0 radical (unpaired) electrons. The Kier molecular flexibility index (Phi) is 6.14. The molecule has 0 fully saturated rings. The summed E-state index contributed by atoms with van der Waals surface area (Å²) in [6.07, 6.45) is 1.80. The van der Waals surface area contributed by atoms with Crippen molar-refractivity contribution in [2.45, 2.75) is 27.7 Å². The van der Waals surface area contributed by atoms with E-state index in [2.05, 4.69) is 4.99 Å². The maximum Gasteiger partial charge on any atom is 0.278 e. The van der Waals surface area contributed by atoms with E-state index in [0.717, 1.165) is 16.7 Å². The number of amidine groups is 1. The van der Waals surface area contributed by atoms with E-state index in [9.17, 15) is 4.79 Å². The number of likely N-dealkylation sites (N-methyl/N-ethyl adjacent to an activating group) is 1. The van der Waals surface area contributed by atoms with Crippen molar-refractivity contribution in [3.05, 3.63) is 64.9 Å². The van der Waals surface area contributed by atoms with Gasteiger partial charge < -0.3 is 9.47 Å². The Hall–Kier alpha value is -3.08. The van der Waals surface area contributed by atoms with Crippen molar-refractivity contribution in [2.75, 3.05) is 19.8 Å². The van der Waals surface area contributed by atoms with Gasteiger partial charge in [0.1, 0.15) is 11.5 Å². The molecule has 0 bridgehead atoms. The Balaban J connectivity index is 2.00. The fourth-order valence-corrected chi connectivity index (χ4v) is 3.19. The maximum atomic E-state index is 12.9. The molecule has 1 aliphatic heterocycles. The van der Waals surface area contributed by atoms with Crippen LogP contribution in [0.3, 0.4) is 0 Å². The minimum atomic E-state index is -0.0902. The van der Waals surface area contributed by atoms with Gasteiger partial charge in [-0.1, -0.05) is 30.3 Å². The third kappa shape index (κ3) is 3.93. The van der Waals surface area contributed by atoms with Gasteiger partial charge >= 0.3 is 0 Å². The lowest BCUT2D eigenvalue weighted by molar-refractivity contribution is -0.122. The van der Waals surface area contributed by atoms with Crippen LogP contribution in [-0.2, 0) is 4.79 Å². The highest BCUT2D eigenvalue weighted by Gasteiger charge is 2.30. The van der Waals surface area contributed by atoms with Crippen LogP contribution in [0.1, 0.15) is 37.5 Å². The average molecular weight is 378 g/mol. The molecule has 5 nitrogen and oxygen atoms in total. The molecule has 2 aromatic carbocycles. The molecule has 0 unspecified atom stereocenters. The van der Waals surface area contributed by atoms with Crippen LogP contribution in [0.4, 0.5) is 0 Å². The Morgan fingerprint density at radius 2 is 1.71 bits per heavy atom. The molecule has 0 spiro atoms. The van der Waals surface area contributed by atoms with Gasteiger partial charge in [-0.25, -0.2) is 4.99 Å². The highest BCUT2D eigenvalue weighted by molar-refractivity contribution is 6.20. The van der Waals surface area contributed by atoms with Gasteiger partial charge in [0.25, 0.3) is 5.91 Å². The molecule has 0 saturated heterocycles. The molecule has 1 aliphatic rings. The summed E-state index contributed by atoms with van der Waals surface area (Å²) in [7, 11) is 0. The summed E-state index contributed by atoms with van der Waals surface area (Å²) in [6, 6.07) is 13.6. The first-order valence-corrected chi connectivity index (χ1v) is 9.66. The molecule has 0 aliphatic carbocycles. The van der Waals surface area contributed by atoms with E-state index in [4.69, 9.17) is 9.47 Å². The van der Waals surface area contributed by atoms with Gasteiger partial charge in [0.15, 0.2) is 11.5 Å². The predicted octanol–water partition coefficient (Wildman–Crippen LogP) is 4.44. The number of rotatable bonds is 7. The minimum absolute atomic E-state index is 0.0902. The van der Waals surface area contributed by atoms with Crippen LogP contribution >= 0.6 is 0 Å². The van der Waals surface area contributed by atoms with Gasteiger partial charge in [-0.05, 0) is 57.0 Å². The van der Waals surface area contributed by atoms with Crippen molar-refractivity contribution in [3.8, 4) is 11.5 Å². The molecule has 146 valence electrons. The third-order valence-electron chi connectivity index (χ3n) is 4.52. The zero-order chi connectivity index (χ0) is 20.1. The third-order valence-corrected chi connectivity index (χ3v) is 4.52. The fourth-order valence-electron chi connectivity index (χ4n) is 3.19. The highest BCUT2D eigenvalue weighted by atomic mass is 16.5. The molecule has 5 heteroatoms. The van der Waals surface area contributed by atoms with E-state index in [-0.39, 0.29) is 5.91 Å². The fraction of sp³-hybridized carbons (Fsp3) is 0.304. The topological polar surface area (TPSA) is 51.1 Å². The number of carbonyl (C=O) groups is 1. The Bertz CT molecular complexity index is 931. The number of hydrogen-bond donors (Lipinski definition) is 0. The number of ether oxygens (including phenoxy) is 2. The Labute approximate surface area is 166 Å². The maximum absolute atomic E-state index is 12.9. The van der Waals surface area contributed by atoms with E-state index in [1.165, 1.54) is 0 Å². The summed E-state index contributed by atoms with van der Waals surface area (Å²) >= 11 is 0. The van der Waals surface area contributed by atoms with Crippen LogP contribution in [0, 0.1) is 6.92 Å². The van der Waals surface area contributed by atoms with Crippen molar-refractivity contribution >= 4 is 17.8 Å². The molecule has 1 heterocycles. The smallest absolute Gasteiger partial charge is 0.278 e. The van der Waals surface area contributed by atoms with Crippen LogP contribution in [0.15, 0.2) is 53.2 Å². The zero-order valence-electron chi connectivity index (χ0n) is 16.9. The van der Waals surface area contributed by atoms with Crippen LogP contribution in [0.2, 0.25) is 0 Å². The summed E-state index contributed by atoms with van der Waals surface area (Å²) in [6.45, 7) is 9.52. The largest absolute Gasteiger partial charge is 0.490 e. The number of benzene rings is 2. The van der Waals surface area contributed by atoms with Crippen LogP contribution in [0.5, 0.6) is 11.5 Å². The van der Waals surface area contributed by atoms with Gasteiger partial charge in [0.2, 0.25) is 0 Å². The lowest BCUT2D eigenvalue weighted by atomic mass is 10.1. The average Bonchev–Trinajstić information content (AvgIpc) is 3.00.